The van der Waals surface area contributed by atoms with E-state index in [9.17, 15) is 0 Å². The van der Waals surface area contributed by atoms with Crippen molar-refractivity contribution in [3.63, 3.8) is 0 Å². The number of unbranched alkanes of at least 4 members (excludes halogenated alkanes) is 6. The van der Waals surface area contributed by atoms with Crippen molar-refractivity contribution < 1.29 is 9.47 Å². The molecule has 0 bridgehead atoms. The largest absolute Gasteiger partial charge is 0.490 e. The third-order valence-corrected chi connectivity index (χ3v) is 4.13. The Kier molecular flexibility index (Phi) is 11.1. The Morgan fingerprint density at radius 1 is 0.957 bits per heavy atom. The molecule has 0 aliphatic heterocycles. The highest BCUT2D eigenvalue weighted by Crippen LogP contribution is 2.27. The number of para-hydroxylation sites is 2. The Hall–Kier alpha value is -1.44. The lowest BCUT2D eigenvalue weighted by Crippen LogP contribution is -2.08. The number of hydrogen-bond acceptors (Lipinski definition) is 2. The molecule has 0 amide bonds. The molecule has 1 unspecified atom stereocenters. The van der Waals surface area contributed by atoms with Crippen LogP contribution < -0.4 is 9.47 Å². The van der Waals surface area contributed by atoms with Gasteiger partial charge in [-0.05, 0) is 37.3 Å². The van der Waals surface area contributed by atoms with Crippen LogP contribution >= 0.6 is 0 Å². The van der Waals surface area contributed by atoms with Crippen molar-refractivity contribution in [2.75, 3.05) is 13.2 Å². The quantitative estimate of drug-likeness (QED) is 0.291. The summed E-state index contributed by atoms with van der Waals surface area (Å²) in [6, 6.07) is 8.01. The van der Waals surface area contributed by atoms with Crippen LogP contribution in [0.15, 0.2) is 36.9 Å². The van der Waals surface area contributed by atoms with Crippen molar-refractivity contribution in [2.45, 2.75) is 65.2 Å². The molecule has 1 aromatic carbocycles. The second-order valence-electron chi connectivity index (χ2n) is 6.32. The molecule has 1 rings (SSSR count). The molecule has 0 saturated carbocycles. The summed E-state index contributed by atoms with van der Waals surface area (Å²) in [5.41, 5.74) is 0. The Balaban J connectivity index is 2.18. The molecule has 23 heavy (non-hydrogen) atoms. The molecule has 2 nitrogen and oxygen atoms in total. The van der Waals surface area contributed by atoms with Gasteiger partial charge in [0.1, 0.15) is 0 Å². The van der Waals surface area contributed by atoms with Crippen molar-refractivity contribution >= 4 is 0 Å². The van der Waals surface area contributed by atoms with E-state index in [0.29, 0.717) is 5.92 Å². The van der Waals surface area contributed by atoms with Gasteiger partial charge in [-0.15, -0.1) is 6.58 Å². The van der Waals surface area contributed by atoms with Crippen LogP contribution in [0, 0.1) is 5.92 Å². The Labute approximate surface area is 142 Å². The second kappa shape index (κ2) is 13.0. The SMILES string of the molecule is C=CCCCCCCCCOc1ccccc1OCC(C)CC. The zero-order valence-corrected chi connectivity index (χ0v) is 15.1. The van der Waals surface area contributed by atoms with E-state index in [4.69, 9.17) is 9.47 Å². The maximum absolute atomic E-state index is 5.91. The van der Waals surface area contributed by atoms with Gasteiger partial charge in [0.2, 0.25) is 0 Å². The van der Waals surface area contributed by atoms with Crippen LogP contribution in [0.4, 0.5) is 0 Å². The lowest BCUT2D eigenvalue weighted by molar-refractivity contribution is 0.232. The number of hydrogen-bond donors (Lipinski definition) is 0. The lowest BCUT2D eigenvalue weighted by Gasteiger charge is -2.15. The average molecular weight is 319 g/mol. The summed E-state index contributed by atoms with van der Waals surface area (Å²) in [6.45, 7) is 9.68. The van der Waals surface area contributed by atoms with Gasteiger partial charge in [-0.2, -0.15) is 0 Å². The van der Waals surface area contributed by atoms with Gasteiger partial charge < -0.3 is 9.47 Å². The van der Waals surface area contributed by atoms with Crippen molar-refractivity contribution in [2.24, 2.45) is 5.92 Å². The highest BCUT2D eigenvalue weighted by molar-refractivity contribution is 5.39. The molecule has 0 fully saturated rings. The molecule has 1 atom stereocenters. The fourth-order valence-electron chi connectivity index (χ4n) is 2.32. The second-order valence-corrected chi connectivity index (χ2v) is 6.32. The number of benzene rings is 1. The highest BCUT2D eigenvalue weighted by Gasteiger charge is 2.06. The van der Waals surface area contributed by atoms with E-state index in [2.05, 4.69) is 20.4 Å². The topological polar surface area (TPSA) is 18.5 Å². The van der Waals surface area contributed by atoms with E-state index in [1.807, 2.05) is 30.3 Å². The third kappa shape index (κ3) is 9.32. The van der Waals surface area contributed by atoms with Gasteiger partial charge in [0.05, 0.1) is 13.2 Å². The van der Waals surface area contributed by atoms with Gasteiger partial charge in [-0.25, -0.2) is 0 Å². The van der Waals surface area contributed by atoms with Crippen LogP contribution in [-0.4, -0.2) is 13.2 Å². The average Bonchev–Trinajstić information content (AvgIpc) is 2.59. The molecule has 0 saturated heterocycles. The molecule has 0 N–H and O–H groups in total. The van der Waals surface area contributed by atoms with Crippen molar-refractivity contribution in [1.29, 1.82) is 0 Å². The minimum absolute atomic E-state index is 0.573. The monoisotopic (exact) mass is 318 g/mol. The molecule has 0 radical (unpaired) electrons. The van der Waals surface area contributed by atoms with Gasteiger partial charge in [0.25, 0.3) is 0 Å². The third-order valence-electron chi connectivity index (χ3n) is 4.13. The molecule has 1 aromatic rings. The van der Waals surface area contributed by atoms with Crippen LogP contribution in [-0.2, 0) is 0 Å². The molecule has 0 aliphatic rings. The first-order chi connectivity index (χ1) is 11.3. The number of rotatable bonds is 14. The van der Waals surface area contributed by atoms with Crippen molar-refractivity contribution in [1.82, 2.24) is 0 Å². The Morgan fingerprint density at radius 3 is 2.22 bits per heavy atom. The first-order valence-electron chi connectivity index (χ1n) is 9.23. The molecule has 0 aliphatic carbocycles. The summed E-state index contributed by atoms with van der Waals surface area (Å²) in [5.74, 6) is 2.32. The zero-order chi connectivity index (χ0) is 16.8. The first kappa shape index (κ1) is 19.6. The summed E-state index contributed by atoms with van der Waals surface area (Å²) in [5, 5.41) is 0. The minimum atomic E-state index is 0.573. The van der Waals surface area contributed by atoms with E-state index >= 15 is 0 Å². The van der Waals surface area contributed by atoms with Gasteiger partial charge in [0, 0.05) is 0 Å². The fraction of sp³-hybridized carbons (Fsp3) is 0.619. The van der Waals surface area contributed by atoms with Crippen LogP contribution in [0.5, 0.6) is 11.5 Å². The van der Waals surface area contributed by atoms with E-state index in [-0.39, 0.29) is 0 Å². The maximum atomic E-state index is 5.91. The normalized spacial score (nSPS) is 11.9. The minimum Gasteiger partial charge on any atom is -0.490 e. The molecule has 130 valence electrons. The summed E-state index contributed by atoms with van der Waals surface area (Å²) in [6.07, 6.45) is 11.9. The lowest BCUT2D eigenvalue weighted by atomic mass is 10.1. The summed E-state index contributed by atoms with van der Waals surface area (Å²) >= 11 is 0. The fourth-order valence-corrected chi connectivity index (χ4v) is 2.32. The predicted molar refractivity (Wildman–Crippen MR) is 99.4 cm³/mol. The van der Waals surface area contributed by atoms with E-state index < -0.39 is 0 Å². The summed E-state index contributed by atoms with van der Waals surface area (Å²) in [4.78, 5) is 0. The van der Waals surface area contributed by atoms with E-state index in [1.54, 1.807) is 0 Å². The molecule has 0 heterocycles. The van der Waals surface area contributed by atoms with E-state index in [1.165, 1.54) is 32.1 Å². The molecule has 2 heteroatoms. The molecule has 0 aromatic heterocycles. The van der Waals surface area contributed by atoms with Gasteiger partial charge in [-0.1, -0.05) is 64.2 Å². The molecular formula is C21H34O2. The Bertz CT molecular complexity index is 414. The van der Waals surface area contributed by atoms with Gasteiger partial charge >= 0.3 is 0 Å². The molecule has 0 spiro atoms. The van der Waals surface area contributed by atoms with Gasteiger partial charge in [-0.3, -0.25) is 0 Å². The smallest absolute Gasteiger partial charge is 0.161 e. The maximum Gasteiger partial charge on any atom is 0.161 e. The highest BCUT2D eigenvalue weighted by atomic mass is 16.5. The number of ether oxygens (including phenoxy) is 2. The van der Waals surface area contributed by atoms with Crippen LogP contribution in [0.25, 0.3) is 0 Å². The van der Waals surface area contributed by atoms with Gasteiger partial charge in [0.15, 0.2) is 11.5 Å². The molecular weight excluding hydrogens is 284 g/mol. The number of allylic oxidation sites excluding steroid dienone is 1. The van der Waals surface area contributed by atoms with Crippen LogP contribution in [0.3, 0.4) is 0 Å². The predicted octanol–water partition coefficient (Wildman–Crippen LogP) is 6.41. The summed E-state index contributed by atoms with van der Waals surface area (Å²) in [7, 11) is 0. The van der Waals surface area contributed by atoms with Crippen LogP contribution in [0.1, 0.15) is 65.2 Å². The van der Waals surface area contributed by atoms with Crippen molar-refractivity contribution in [3.8, 4) is 11.5 Å². The first-order valence-corrected chi connectivity index (χ1v) is 9.23. The zero-order valence-electron chi connectivity index (χ0n) is 15.1. The summed E-state index contributed by atoms with van der Waals surface area (Å²) < 4.78 is 11.8. The van der Waals surface area contributed by atoms with Crippen LogP contribution in [0.2, 0.25) is 0 Å². The Morgan fingerprint density at radius 2 is 1.57 bits per heavy atom. The van der Waals surface area contributed by atoms with Crippen molar-refractivity contribution in [3.05, 3.63) is 36.9 Å². The van der Waals surface area contributed by atoms with E-state index in [0.717, 1.165) is 44.0 Å². The standard InChI is InChI=1S/C21H34O2/c1-4-6-7-8-9-10-11-14-17-22-20-15-12-13-16-21(20)23-18-19(3)5-2/h4,12-13,15-16,19H,1,5-11,14,17-18H2,2-3H3.